The van der Waals surface area contributed by atoms with E-state index in [9.17, 15) is 4.79 Å². The number of nitrogen functional groups attached to an aromatic ring is 1. The Morgan fingerprint density at radius 3 is 2.44 bits per heavy atom. The largest absolute Gasteiger partial charge is 0.444 e. The molecule has 1 aliphatic rings. The number of ether oxygens (including phenoxy) is 1. The molecule has 1 aliphatic carbocycles. The highest BCUT2D eigenvalue weighted by molar-refractivity contribution is 5.68. The molecule has 0 heterocycles. The van der Waals surface area contributed by atoms with E-state index in [-0.39, 0.29) is 6.09 Å². The molecule has 3 N–H and O–H groups in total. The fourth-order valence-electron chi connectivity index (χ4n) is 3.55. The SMILES string of the molecule is CC(C)(C)OC(=O)N(CCCNCCc1ccc(N)cc1)C1CCCCC1. The number of amides is 1. The van der Waals surface area contributed by atoms with Crippen molar-refractivity contribution >= 4 is 11.8 Å². The Kier molecular flexibility index (Phi) is 8.42. The normalized spacial score (nSPS) is 15.5. The van der Waals surface area contributed by atoms with E-state index in [2.05, 4.69) is 17.4 Å². The van der Waals surface area contributed by atoms with Crippen molar-refractivity contribution < 1.29 is 9.53 Å². The lowest BCUT2D eigenvalue weighted by Gasteiger charge is -2.35. The van der Waals surface area contributed by atoms with Crippen molar-refractivity contribution in [2.45, 2.75) is 77.4 Å². The molecule has 1 saturated carbocycles. The molecule has 0 atom stereocenters. The predicted octanol–water partition coefficient (Wildman–Crippen LogP) is 4.36. The maximum Gasteiger partial charge on any atom is 0.410 e. The lowest BCUT2D eigenvalue weighted by molar-refractivity contribution is 0.0119. The number of hydrogen-bond acceptors (Lipinski definition) is 4. The zero-order valence-electron chi connectivity index (χ0n) is 17.3. The first-order chi connectivity index (χ1) is 12.8. The summed E-state index contributed by atoms with van der Waals surface area (Å²) in [6.07, 6.45) is 7.68. The molecule has 1 aromatic rings. The van der Waals surface area contributed by atoms with Crippen LogP contribution in [0.2, 0.25) is 0 Å². The summed E-state index contributed by atoms with van der Waals surface area (Å²) in [5.74, 6) is 0. The van der Waals surface area contributed by atoms with Crippen molar-refractivity contribution in [3.63, 3.8) is 0 Å². The van der Waals surface area contributed by atoms with Gasteiger partial charge in [-0.3, -0.25) is 0 Å². The van der Waals surface area contributed by atoms with Gasteiger partial charge < -0.3 is 20.7 Å². The van der Waals surface area contributed by atoms with E-state index in [1.807, 2.05) is 37.8 Å². The van der Waals surface area contributed by atoms with Crippen molar-refractivity contribution in [3.05, 3.63) is 29.8 Å². The molecule has 0 radical (unpaired) electrons. The van der Waals surface area contributed by atoms with Gasteiger partial charge in [-0.1, -0.05) is 31.4 Å². The lowest BCUT2D eigenvalue weighted by atomic mass is 9.94. The second-order valence-corrected chi connectivity index (χ2v) is 8.56. The van der Waals surface area contributed by atoms with E-state index >= 15 is 0 Å². The number of nitrogens with one attached hydrogen (secondary N) is 1. The van der Waals surface area contributed by atoms with Gasteiger partial charge in [0.05, 0.1) is 0 Å². The van der Waals surface area contributed by atoms with Gasteiger partial charge in [0.2, 0.25) is 0 Å². The van der Waals surface area contributed by atoms with E-state index in [1.54, 1.807) is 0 Å². The zero-order valence-corrected chi connectivity index (χ0v) is 17.3. The maximum atomic E-state index is 12.7. The number of nitrogens with two attached hydrogens (primary N) is 1. The molecule has 0 unspecified atom stereocenters. The summed E-state index contributed by atoms with van der Waals surface area (Å²) in [6, 6.07) is 8.37. The number of carbonyl (C=O) groups is 1. The Morgan fingerprint density at radius 1 is 1.15 bits per heavy atom. The molecule has 152 valence electrons. The van der Waals surface area contributed by atoms with Crippen LogP contribution in [0.25, 0.3) is 0 Å². The molecule has 0 bridgehead atoms. The van der Waals surface area contributed by atoms with Crippen LogP contribution in [0, 0.1) is 0 Å². The third-order valence-corrected chi connectivity index (χ3v) is 4.97. The Hall–Kier alpha value is -1.75. The molecule has 5 nitrogen and oxygen atoms in total. The summed E-state index contributed by atoms with van der Waals surface area (Å²) in [5, 5.41) is 3.48. The predicted molar refractivity (Wildman–Crippen MR) is 112 cm³/mol. The fourth-order valence-corrected chi connectivity index (χ4v) is 3.55. The topological polar surface area (TPSA) is 67.6 Å². The van der Waals surface area contributed by atoms with Crippen molar-refractivity contribution in [1.29, 1.82) is 0 Å². The van der Waals surface area contributed by atoms with Crippen LogP contribution >= 0.6 is 0 Å². The summed E-state index contributed by atoms with van der Waals surface area (Å²) in [4.78, 5) is 14.6. The first-order valence-corrected chi connectivity index (χ1v) is 10.4. The second kappa shape index (κ2) is 10.5. The molecule has 5 heteroatoms. The molecule has 0 aliphatic heterocycles. The van der Waals surface area contributed by atoms with Gasteiger partial charge in [-0.05, 0) is 77.2 Å². The van der Waals surface area contributed by atoms with Crippen LogP contribution in [0.3, 0.4) is 0 Å². The van der Waals surface area contributed by atoms with Gasteiger partial charge in [0.1, 0.15) is 5.60 Å². The average Bonchev–Trinajstić information content (AvgIpc) is 2.62. The average molecular weight is 376 g/mol. The van der Waals surface area contributed by atoms with Crippen molar-refractivity contribution in [2.75, 3.05) is 25.4 Å². The minimum Gasteiger partial charge on any atom is -0.444 e. The number of hydrogen-bond donors (Lipinski definition) is 2. The molecule has 0 aromatic heterocycles. The van der Waals surface area contributed by atoms with Crippen LogP contribution in [0.1, 0.15) is 64.9 Å². The zero-order chi connectivity index (χ0) is 19.7. The van der Waals surface area contributed by atoms with E-state index in [4.69, 9.17) is 10.5 Å². The van der Waals surface area contributed by atoms with Gasteiger partial charge in [0, 0.05) is 18.3 Å². The molecule has 2 rings (SSSR count). The number of anilines is 1. The summed E-state index contributed by atoms with van der Waals surface area (Å²) < 4.78 is 5.66. The summed E-state index contributed by atoms with van der Waals surface area (Å²) >= 11 is 0. The van der Waals surface area contributed by atoms with Crippen LogP contribution in [-0.4, -0.2) is 42.3 Å². The number of nitrogens with zero attached hydrogens (tertiary/aromatic N) is 1. The van der Waals surface area contributed by atoms with Crippen molar-refractivity contribution in [3.8, 4) is 0 Å². The Labute approximate surface area is 164 Å². The summed E-state index contributed by atoms with van der Waals surface area (Å²) in [5.41, 5.74) is 7.36. The summed E-state index contributed by atoms with van der Waals surface area (Å²) in [7, 11) is 0. The van der Waals surface area contributed by atoms with E-state index in [0.717, 1.165) is 51.0 Å². The first-order valence-electron chi connectivity index (χ1n) is 10.4. The molecule has 1 amide bonds. The molecule has 0 spiro atoms. The Bertz CT molecular complexity index is 560. The van der Waals surface area contributed by atoms with Gasteiger partial charge >= 0.3 is 6.09 Å². The number of benzene rings is 1. The van der Waals surface area contributed by atoms with Crippen LogP contribution < -0.4 is 11.1 Å². The van der Waals surface area contributed by atoms with Gasteiger partial charge in [-0.25, -0.2) is 4.79 Å². The quantitative estimate of drug-likeness (QED) is 0.523. The highest BCUT2D eigenvalue weighted by atomic mass is 16.6. The smallest absolute Gasteiger partial charge is 0.410 e. The van der Waals surface area contributed by atoms with Gasteiger partial charge in [0.15, 0.2) is 0 Å². The van der Waals surface area contributed by atoms with Gasteiger partial charge in [-0.15, -0.1) is 0 Å². The maximum absolute atomic E-state index is 12.7. The molecule has 1 fully saturated rings. The number of rotatable bonds is 8. The Balaban J connectivity index is 1.73. The fraction of sp³-hybridized carbons (Fsp3) is 0.682. The van der Waals surface area contributed by atoms with E-state index in [1.165, 1.54) is 24.8 Å². The minimum absolute atomic E-state index is 0.156. The monoisotopic (exact) mass is 375 g/mol. The highest BCUT2D eigenvalue weighted by Crippen LogP contribution is 2.24. The molecular weight excluding hydrogens is 338 g/mol. The van der Waals surface area contributed by atoms with Crippen LogP contribution in [0.5, 0.6) is 0 Å². The van der Waals surface area contributed by atoms with Crippen LogP contribution in [-0.2, 0) is 11.2 Å². The van der Waals surface area contributed by atoms with Gasteiger partial charge in [-0.2, -0.15) is 0 Å². The molecule has 0 saturated heterocycles. The van der Waals surface area contributed by atoms with Crippen LogP contribution in [0.15, 0.2) is 24.3 Å². The van der Waals surface area contributed by atoms with E-state index in [0.29, 0.717) is 6.04 Å². The third kappa shape index (κ3) is 8.21. The van der Waals surface area contributed by atoms with Crippen LogP contribution in [0.4, 0.5) is 10.5 Å². The summed E-state index contributed by atoms with van der Waals surface area (Å²) in [6.45, 7) is 8.39. The van der Waals surface area contributed by atoms with E-state index < -0.39 is 5.60 Å². The Morgan fingerprint density at radius 2 is 1.81 bits per heavy atom. The van der Waals surface area contributed by atoms with Crippen molar-refractivity contribution in [2.24, 2.45) is 0 Å². The lowest BCUT2D eigenvalue weighted by Crippen LogP contribution is -2.45. The molecule has 27 heavy (non-hydrogen) atoms. The highest BCUT2D eigenvalue weighted by Gasteiger charge is 2.28. The molecular formula is C22H37N3O2. The van der Waals surface area contributed by atoms with Crippen molar-refractivity contribution in [1.82, 2.24) is 10.2 Å². The second-order valence-electron chi connectivity index (χ2n) is 8.56. The minimum atomic E-state index is -0.443. The standard InChI is InChI=1S/C22H37N3O2/c1-22(2,3)27-21(26)25(20-8-5-4-6-9-20)17-7-15-24-16-14-18-10-12-19(23)13-11-18/h10-13,20,24H,4-9,14-17,23H2,1-3H3. The molecule has 1 aromatic carbocycles. The first kappa shape index (κ1) is 21.5. The van der Waals surface area contributed by atoms with Gasteiger partial charge in [0.25, 0.3) is 0 Å². The third-order valence-electron chi connectivity index (χ3n) is 4.97. The number of carbonyl (C=O) groups excluding carboxylic acids is 1.